The van der Waals surface area contributed by atoms with Crippen molar-refractivity contribution in [3.8, 4) is 11.4 Å². The fourth-order valence-electron chi connectivity index (χ4n) is 4.31. The van der Waals surface area contributed by atoms with Gasteiger partial charge in [-0.15, -0.1) is 0 Å². The predicted octanol–water partition coefficient (Wildman–Crippen LogP) is 4.85. The fourth-order valence-corrected chi connectivity index (χ4v) is 4.31. The van der Waals surface area contributed by atoms with Crippen LogP contribution in [0.4, 0.5) is 0 Å². The summed E-state index contributed by atoms with van der Waals surface area (Å²) in [6.45, 7) is 4.93. The average molecular weight is 389 g/mol. The molecule has 2 aromatic carbocycles. The number of ether oxygens (including phenoxy) is 1. The van der Waals surface area contributed by atoms with E-state index in [-0.39, 0.29) is 5.91 Å². The monoisotopic (exact) mass is 388 g/mol. The molecule has 3 aromatic rings. The highest BCUT2D eigenvalue weighted by molar-refractivity contribution is 5.94. The van der Waals surface area contributed by atoms with Gasteiger partial charge in [0, 0.05) is 34.7 Å². The number of para-hydroxylation sites is 1. The number of fused-ring (bicyclic) bond motifs is 1. The molecule has 1 aliphatic rings. The van der Waals surface area contributed by atoms with E-state index in [1.165, 1.54) is 23.4 Å². The van der Waals surface area contributed by atoms with Gasteiger partial charge in [0.25, 0.3) is 5.91 Å². The first-order valence-corrected chi connectivity index (χ1v) is 10.3. The Hall–Kier alpha value is -3.01. The maximum absolute atomic E-state index is 12.6. The molecular formula is C25H28N2O2. The third-order valence-electron chi connectivity index (χ3n) is 5.84. The molecule has 0 radical (unpaired) electrons. The molecule has 0 fully saturated rings. The quantitative estimate of drug-likeness (QED) is 0.679. The summed E-state index contributed by atoms with van der Waals surface area (Å²) in [4.78, 5) is 12.6. The van der Waals surface area contributed by atoms with E-state index in [1.54, 1.807) is 7.11 Å². The van der Waals surface area contributed by atoms with Gasteiger partial charge < -0.3 is 14.6 Å². The molecule has 1 atom stereocenters. The standard InChI is InChI=1S/C25H28N2O2/c1-17-8-13-23-21(14-17)15-18(2)27(23)22-11-9-19(10-12-22)25(28)26-16-20-6-4-5-7-24(20)29-3/h4-7,9-12,15,17H,8,13-14,16H2,1-3H3,(H,26,28)/t17-/m0/s1. The molecule has 0 aliphatic heterocycles. The number of carbonyl (C=O) groups is 1. The summed E-state index contributed by atoms with van der Waals surface area (Å²) in [6.07, 6.45) is 3.51. The Morgan fingerprint density at radius 3 is 2.69 bits per heavy atom. The van der Waals surface area contributed by atoms with Crippen LogP contribution in [0.25, 0.3) is 5.69 Å². The van der Waals surface area contributed by atoms with Crippen LogP contribution in [0, 0.1) is 12.8 Å². The first-order chi connectivity index (χ1) is 14.1. The van der Waals surface area contributed by atoms with E-state index in [1.807, 2.05) is 48.5 Å². The Morgan fingerprint density at radius 1 is 1.17 bits per heavy atom. The lowest BCUT2D eigenvalue weighted by molar-refractivity contribution is 0.0950. The largest absolute Gasteiger partial charge is 0.496 e. The third kappa shape index (κ3) is 3.93. The Kier molecular flexibility index (Phi) is 5.43. The molecule has 0 saturated carbocycles. The lowest BCUT2D eigenvalue weighted by Crippen LogP contribution is -2.23. The number of methoxy groups -OCH3 is 1. The van der Waals surface area contributed by atoms with E-state index < -0.39 is 0 Å². The van der Waals surface area contributed by atoms with Gasteiger partial charge in [0.15, 0.2) is 0 Å². The van der Waals surface area contributed by atoms with Crippen molar-refractivity contribution in [3.05, 3.63) is 82.7 Å². The number of hydrogen-bond donors (Lipinski definition) is 1. The van der Waals surface area contributed by atoms with Gasteiger partial charge in [-0.05, 0) is 74.1 Å². The first-order valence-electron chi connectivity index (χ1n) is 10.3. The summed E-state index contributed by atoms with van der Waals surface area (Å²) in [5, 5.41) is 2.98. The third-order valence-corrected chi connectivity index (χ3v) is 5.84. The number of rotatable bonds is 5. The van der Waals surface area contributed by atoms with Gasteiger partial charge in [-0.2, -0.15) is 0 Å². The molecule has 150 valence electrons. The fraction of sp³-hybridized carbons (Fsp3) is 0.320. The Morgan fingerprint density at radius 2 is 1.93 bits per heavy atom. The molecule has 1 amide bonds. The minimum atomic E-state index is -0.0810. The SMILES string of the molecule is COc1ccccc1CNC(=O)c1ccc(-n2c(C)cc3c2CC[C@H](C)C3)cc1. The topological polar surface area (TPSA) is 43.3 Å². The average Bonchev–Trinajstić information content (AvgIpc) is 3.07. The number of aryl methyl sites for hydroxylation is 1. The summed E-state index contributed by atoms with van der Waals surface area (Å²) < 4.78 is 7.69. The van der Waals surface area contributed by atoms with Crippen molar-refractivity contribution in [2.24, 2.45) is 5.92 Å². The van der Waals surface area contributed by atoms with Gasteiger partial charge in [0.1, 0.15) is 5.75 Å². The van der Waals surface area contributed by atoms with Crippen molar-refractivity contribution in [2.45, 2.75) is 39.7 Å². The molecule has 4 rings (SSSR count). The summed E-state index contributed by atoms with van der Waals surface area (Å²) in [7, 11) is 1.64. The molecule has 0 spiro atoms. The summed E-state index contributed by atoms with van der Waals surface area (Å²) in [6, 6.07) is 17.9. The van der Waals surface area contributed by atoms with E-state index in [4.69, 9.17) is 4.74 Å². The number of benzene rings is 2. The maximum Gasteiger partial charge on any atom is 0.251 e. The number of hydrogen-bond acceptors (Lipinski definition) is 2. The van der Waals surface area contributed by atoms with Crippen LogP contribution in [0.1, 0.15) is 46.2 Å². The van der Waals surface area contributed by atoms with Gasteiger partial charge in [0.05, 0.1) is 7.11 Å². The van der Waals surface area contributed by atoms with Crippen molar-refractivity contribution in [1.82, 2.24) is 9.88 Å². The van der Waals surface area contributed by atoms with E-state index in [0.717, 1.165) is 35.8 Å². The van der Waals surface area contributed by atoms with Crippen molar-refractivity contribution in [1.29, 1.82) is 0 Å². The first kappa shape index (κ1) is 19.3. The van der Waals surface area contributed by atoms with E-state index in [0.29, 0.717) is 12.1 Å². The Labute approximate surface area is 172 Å². The van der Waals surface area contributed by atoms with Crippen LogP contribution >= 0.6 is 0 Å². The molecular weight excluding hydrogens is 360 g/mol. The number of aromatic nitrogens is 1. The number of nitrogens with one attached hydrogen (secondary N) is 1. The normalized spacial score (nSPS) is 15.6. The Bertz CT molecular complexity index is 1020. The second-order valence-electron chi connectivity index (χ2n) is 7.98. The number of amides is 1. The van der Waals surface area contributed by atoms with Gasteiger partial charge in [-0.1, -0.05) is 25.1 Å². The van der Waals surface area contributed by atoms with E-state index in [9.17, 15) is 4.79 Å². The molecule has 4 heteroatoms. The zero-order chi connectivity index (χ0) is 20.4. The van der Waals surface area contributed by atoms with Crippen LogP contribution in [0.15, 0.2) is 54.6 Å². The maximum atomic E-state index is 12.6. The van der Waals surface area contributed by atoms with Gasteiger partial charge >= 0.3 is 0 Å². The van der Waals surface area contributed by atoms with Crippen LogP contribution in [0.3, 0.4) is 0 Å². The van der Waals surface area contributed by atoms with Crippen LogP contribution in [-0.2, 0) is 19.4 Å². The lowest BCUT2D eigenvalue weighted by atomic mass is 9.89. The lowest BCUT2D eigenvalue weighted by Gasteiger charge is -2.21. The highest BCUT2D eigenvalue weighted by Crippen LogP contribution is 2.30. The zero-order valence-corrected chi connectivity index (χ0v) is 17.4. The molecule has 1 N–H and O–H groups in total. The number of carbonyl (C=O) groups excluding carboxylic acids is 1. The van der Waals surface area contributed by atoms with Crippen LogP contribution in [0.2, 0.25) is 0 Å². The molecule has 1 aromatic heterocycles. The minimum absolute atomic E-state index is 0.0810. The molecule has 0 bridgehead atoms. The molecule has 1 aliphatic carbocycles. The van der Waals surface area contributed by atoms with Crippen molar-refractivity contribution in [2.75, 3.05) is 7.11 Å². The van der Waals surface area contributed by atoms with Crippen molar-refractivity contribution in [3.63, 3.8) is 0 Å². The number of nitrogens with zero attached hydrogens (tertiary/aromatic N) is 1. The summed E-state index contributed by atoms with van der Waals surface area (Å²) in [5.74, 6) is 1.46. The van der Waals surface area contributed by atoms with Crippen molar-refractivity contribution < 1.29 is 9.53 Å². The van der Waals surface area contributed by atoms with Crippen LogP contribution in [0.5, 0.6) is 5.75 Å². The molecule has 1 heterocycles. The van der Waals surface area contributed by atoms with Crippen molar-refractivity contribution >= 4 is 5.91 Å². The van der Waals surface area contributed by atoms with E-state index in [2.05, 4.69) is 29.8 Å². The van der Waals surface area contributed by atoms with Crippen LogP contribution in [-0.4, -0.2) is 17.6 Å². The zero-order valence-electron chi connectivity index (χ0n) is 17.4. The smallest absolute Gasteiger partial charge is 0.251 e. The van der Waals surface area contributed by atoms with Gasteiger partial charge in [0.2, 0.25) is 0 Å². The van der Waals surface area contributed by atoms with Gasteiger partial charge in [-0.3, -0.25) is 4.79 Å². The Balaban J connectivity index is 1.49. The molecule has 0 saturated heterocycles. The predicted molar refractivity (Wildman–Crippen MR) is 116 cm³/mol. The van der Waals surface area contributed by atoms with E-state index >= 15 is 0 Å². The highest BCUT2D eigenvalue weighted by Gasteiger charge is 2.21. The summed E-state index contributed by atoms with van der Waals surface area (Å²) in [5.41, 5.74) is 6.91. The molecule has 4 nitrogen and oxygen atoms in total. The second kappa shape index (κ2) is 8.16. The molecule has 0 unspecified atom stereocenters. The van der Waals surface area contributed by atoms with Crippen LogP contribution < -0.4 is 10.1 Å². The molecule has 29 heavy (non-hydrogen) atoms. The summed E-state index contributed by atoms with van der Waals surface area (Å²) >= 11 is 0. The second-order valence-corrected chi connectivity index (χ2v) is 7.98. The highest BCUT2D eigenvalue weighted by atomic mass is 16.5. The van der Waals surface area contributed by atoms with Gasteiger partial charge in [-0.25, -0.2) is 0 Å². The minimum Gasteiger partial charge on any atom is -0.496 e.